The van der Waals surface area contributed by atoms with Crippen LogP contribution in [0.1, 0.15) is 23.2 Å². The van der Waals surface area contributed by atoms with E-state index < -0.39 is 0 Å². The first-order valence-corrected chi connectivity index (χ1v) is 10.0. The second kappa shape index (κ2) is 10.8. The lowest BCUT2D eigenvalue weighted by molar-refractivity contribution is -0.928. The minimum absolute atomic E-state index is 0.193. The molecule has 1 N–H and O–H groups in total. The summed E-state index contributed by atoms with van der Waals surface area (Å²) in [6.45, 7) is 4.24. The zero-order valence-corrected chi connectivity index (χ0v) is 17.2. The van der Waals surface area contributed by atoms with Gasteiger partial charge in [0.05, 0.1) is 26.0 Å². The average Bonchev–Trinajstić information content (AvgIpc) is 3.15. The molecule has 0 aliphatic carbocycles. The third-order valence-corrected chi connectivity index (χ3v) is 5.06. The van der Waals surface area contributed by atoms with E-state index in [1.54, 1.807) is 26.4 Å². The van der Waals surface area contributed by atoms with Gasteiger partial charge in [0.2, 0.25) is 0 Å². The molecular weight excluding hydrogens is 367 g/mol. The average molecular weight is 398 g/mol. The maximum Gasteiger partial charge on any atom is 0.123 e. The van der Waals surface area contributed by atoms with Crippen molar-refractivity contribution in [1.29, 1.82) is 0 Å². The van der Waals surface area contributed by atoms with Crippen molar-refractivity contribution < 1.29 is 18.8 Å². The van der Waals surface area contributed by atoms with Crippen molar-refractivity contribution in [3.8, 4) is 5.75 Å². The van der Waals surface area contributed by atoms with E-state index in [0.29, 0.717) is 6.54 Å². The van der Waals surface area contributed by atoms with Crippen molar-refractivity contribution in [3.05, 3.63) is 89.5 Å². The molecule has 1 aromatic heterocycles. The molecule has 1 unspecified atom stereocenters. The first kappa shape index (κ1) is 21.1. The first-order chi connectivity index (χ1) is 14.2. The lowest BCUT2D eigenvalue weighted by Gasteiger charge is -2.21. The maximum atomic E-state index is 13.5. The molecule has 0 aliphatic rings. The summed E-state index contributed by atoms with van der Waals surface area (Å²) < 4.78 is 26.4. The number of ether oxygens (including phenoxy) is 2. The molecule has 5 heteroatoms. The van der Waals surface area contributed by atoms with Crippen molar-refractivity contribution >= 4 is 0 Å². The predicted molar refractivity (Wildman–Crippen MR) is 113 cm³/mol. The Bertz CT molecular complexity index is 894. The number of methoxy groups -OCH3 is 2. The van der Waals surface area contributed by atoms with E-state index in [4.69, 9.17) is 9.47 Å². The molecule has 3 aromatic rings. The molecule has 3 rings (SSSR count). The summed E-state index contributed by atoms with van der Waals surface area (Å²) in [4.78, 5) is 1.45. The molecule has 1 heterocycles. The fourth-order valence-corrected chi connectivity index (χ4v) is 3.63. The molecule has 0 radical (unpaired) electrons. The largest absolute Gasteiger partial charge is 0.497 e. The van der Waals surface area contributed by atoms with Gasteiger partial charge in [0, 0.05) is 31.8 Å². The van der Waals surface area contributed by atoms with Crippen LogP contribution in [0.15, 0.2) is 66.9 Å². The van der Waals surface area contributed by atoms with Gasteiger partial charge < -0.3 is 18.9 Å². The normalized spacial score (nSPS) is 12.1. The highest BCUT2D eigenvalue weighted by molar-refractivity contribution is 5.27. The quantitative estimate of drug-likeness (QED) is 0.503. The van der Waals surface area contributed by atoms with Crippen LogP contribution in [-0.4, -0.2) is 31.9 Å². The molecule has 154 valence electrons. The summed E-state index contributed by atoms with van der Waals surface area (Å²) in [5, 5.41) is 0. The Hall–Kier alpha value is -2.63. The van der Waals surface area contributed by atoms with Gasteiger partial charge in [0.25, 0.3) is 0 Å². The van der Waals surface area contributed by atoms with E-state index in [-0.39, 0.29) is 5.82 Å². The molecular formula is C24H30FN2O2+. The van der Waals surface area contributed by atoms with Gasteiger partial charge in [-0.15, -0.1) is 0 Å². The number of nitrogens with zero attached hydrogens (tertiary/aromatic N) is 1. The molecule has 0 spiro atoms. The van der Waals surface area contributed by atoms with Gasteiger partial charge in [0.1, 0.15) is 24.7 Å². The number of quaternary nitrogens is 1. The fourth-order valence-electron chi connectivity index (χ4n) is 3.63. The van der Waals surface area contributed by atoms with E-state index in [1.165, 1.54) is 22.2 Å². The van der Waals surface area contributed by atoms with Gasteiger partial charge in [-0.1, -0.05) is 24.3 Å². The Balaban J connectivity index is 1.72. The molecule has 4 nitrogen and oxygen atoms in total. The van der Waals surface area contributed by atoms with Crippen LogP contribution in [0, 0.1) is 5.82 Å². The zero-order chi connectivity index (χ0) is 20.5. The van der Waals surface area contributed by atoms with Crippen molar-refractivity contribution in [3.63, 3.8) is 0 Å². The van der Waals surface area contributed by atoms with Crippen molar-refractivity contribution in [1.82, 2.24) is 4.57 Å². The lowest BCUT2D eigenvalue weighted by atomic mass is 10.2. The molecule has 0 bridgehead atoms. The number of rotatable bonds is 11. The molecule has 2 aromatic carbocycles. The lowest BCUT2D eigenvalue weighted by Crippen LogP contribution is -3.09. The van der Waals surface area contributed by atoms with Gasteiger partial charge in [0.15, 0.2) is 0 Å². The van der Waals surface area contributed by atoms with Crippen molar-refractivity contribution in [2.45, 2.75) is 26.1 Å². The summed E-state index contributed by atoms with van der Waals surface area (Å²) in [6, 6.07) is 19.3. The van der Waals surface area contributed by atoms with Crippen LogP contribution in [0.5, 0.6) is 5.75 Å². The van der Waals surface area contributed by atoms with E-state index in [1.807, 2.05) is 18.2 Å². The van der Waals surface area contributed by atoms with Crippen LogP contribution in [-0.2, 0) is 24.4 Å². The monoisotopic (exact) mass is 397 g/mol. The van der Waals surface area contributed by atoms with Gasteiger partial charge in [-0.3, -0.25) is 0 Å². The fraction of sp³-hybridized carbons (Fsp3) is 0.333. The highest BCUT2D eigenvalue weighted by atomic mass is 19.1. The number of aromatic nitrogens is 1. The van der Waals surface area contributed by atoms with Gasteiger partial charge in [-0.05, 0) is 42.0 Å². The van der Waals surface area contributed by atoms with Crippen molar-refractivity contribution in [2.24, 2.45) is 0 Å². The van der Waals surface area contributed by atoms with Crippen LogP contribution in [0.2, 0.25) is 0 Å². The summed E-state index contributed by atoms with van der Waals surface area (Å²) in [5.74, 6) is 0.689. The summed E-state index contributed by atoms with van der Waals surface area (Å²) in [6.07, 6.45) is 3.07. The minimum Gasteiger partial charge on any atom is -0.497 e. The van der Waals surface area contributed by atoms with Crippen LogP contribution in [0.3, 0.4) is 0 Å². The third kappa shape index (κ3) is 6.44. The van der Waals surface area contributed by atoms with Crippen molar-refractivity contribution in [2.75, 3.05) is 27.4 Å². The Morgan fingerprint density at radius 1 is 0.931 bits per heavy atom. The second-order valence-electron chi connectivity index (χ2n) is 7.31. The van der Waals surface area contributed by atoms with Gasteiger partial charge in [-0.2, -0.15) is 0 Å². The Morgan fingerprint density at radius 3 is 2.55 bits per heavy atom. The highest BCUT2D eigenvalue weighted by Gasteiger charge is 2.14. The molecule has 0 fully saturated rings. The van der Waals surface area contributed by atoms with Crippen LogP contribution >= 0.6 is 0 Å². The number of hydrogen-bond acceptors (Lipinski definition) is 2. The second-order valence-corrected chi connectivity index (χ2v) is 7.31. The zero-order valence-electron chi connectivity index (χ0n) is 17.2. The molecule has 0 amide bonds. The van der Waals surface area contributed by atoms with Crippen LogP contribution < -0.4 is 9.64 Å². The summed E-state index contributed by atoms with van der Waals surface area (Å²) in [5.41, 5.74) is 3.46. The number of nitrogens with one attached hydrogen (secondary N) is 1. The minimum atomic E-state index is -0.193. The van der Waals surface area contributed by atoms with E-state index in [2.05, 4.69) is 35.0 Å². The number of benzene rings is 2. The maximum absolute atomic E-state index is 13.5. The molecule has 0 saturated carbocycles. The summed E-state index contributed by atoms with van der Waals surface area (Å²) >= 11 is 0. The van der Waals surface area contributed by atoms with Crippen LogP contribution in [0.4, 0.5) is 4.39 Å². The molecule has 29 heavy (non-hydrogen) atoms. The topological polar surface area (TPSA) is 27.8 Å². The van der Waals surface area contributed by atoms with E-state index >= 15 is 0 Å². The van der Waals surface area contributed by atoms with Gasteiger partial charge in [-0.25, -0.2) is 4.39 Å². The third-order valence-electron chi connectivity index (χ3n) is 5.06. The Labute approximate surface area is 172 Å². The molecule has 0 aliphatic heterocycles. The Kier molecular flexibility index (Phi) is 7.85. The predicted octanol–water partition coefficient (Wildman–Crippen LogP) is 3.31. The van der Waals surface area contributed by atoms with Crippen LogP contribution in [0.25, 0.3) is 0 Å². The smallest absolute Gasteiger partial charge is 0.123 e. The van der Waals surface area contributed by atoms with Gasteiger partial charge >= 0.3 is 0 Å². The number of hydrogen-bond donors (Lipinski definition) is 1. The Morgan fingerprint density at radius 2 is 1.76 bits per heavy atom. The first-order valence-electron chi connectivity index (χ1n) is 10.0. The standard InChI is InChI=1S/C24H29FN2O2/c1-28-14-6-12-26(17-21-8-4-11-24(16-21)29-2)19-23-10-5-13-27(23)18-20-7-3-9-22(25)15-20/h3-5,7-11,13,15-16H,6,12,14,17-19H2,1-2H3/p+1. The summed E-state index contributed by atoms with van der Waals surface area (Å²) in [7, 11) is 3.44. The molecule has 1 atom stereocenters. The van der Waals surface area contributed by atoms with E-state index in [0.717, 1.165) is 44.0 Å². The van der Waals surface area contributed by atoms with E-state index in [9.17, 15) is 4.39 Å². The molecule has 0 saturated heterocycles. The SMILES string of the molecule is COCCC[NH+](Cc1cccc(OC)c1)Cc1cccn1Cc1cccc(F)c1. The number of halogens is 1. The highest BCUT2D eigenvalue weighted by Crippen LogP contribution is 2.12.